The second-order valence-electron chi connectivity index (χ2n) is 2.45. The molecule has 0 saturated heterocycles. The van der Waals surface area contributed by atoms with Gasteiger partial charge in [-0.2, -0.15) is 0 Å². The van der Waals surface area contributed by atoms with Gasteiger partial charge in [0.2, 0.25) is 0 Å². The first kappa shape index (κ1) is 12.8. The maximum absolute atomic E-state index is 10.2. The van der Waals surface area contributed by atoms with Crippen LogP contribution in [0.2, 0.25) is 0 Å². The van der Waals surface area contributed by atoms with Gasteiger partial charge in [-0.3, -0.25) is 0 Å². The fourth-order valence-electron chi connectivity index (χ4n) is 0.835. The number of hydrogen-bond acceptors (Lipinski definition) is 1. The molecule has 0 aromatic rings. The maximum atomic E-state index is 10.2. The van der Waals surface area contributed by atoms with Crippen LogP contribution in [0, 0.1) is 5.92 Å². The van der Waals surface area contributed by atoms with Crippen LogP contribution in [0.3, 0.4) is 0 Å². The summed E-state index contributed by atoms with van der Waals surface area (Å²) in [5.74, 6) is 0.324. The van der Waals surface area contributed by atoms with E-state index in [1.54, 1.807) is 0 Å². The Bertz CT molecular complexity index is 73.7. The van der Waals surface area contributed by atoms with E-state index in [0.29, 0.717) is 5.92 Å². The van der Waals surface area contributed by atoms with Gasteiger partial charge in [0.25, 0.3) is 0 Å². The number of hydrogen-bond donors (Lipinski definition) is 0. The Morgan fingerprint density at radius 2 is 2.00 bits per heavy atom. The van der Waals surface area contributed by atoms with Crippen LogP contribution in [-0.4, -0.2) is 6.29 Å². The summed E-state index contributed by atoms with van der Waals surface area (Å²) in [5.41, 5.74) is 0. The van der Waals surface area contributed by atoms with Crippen LogP contribution >= 0.6 is 0 Å². The van der Waals surface area contributed by atoms with E-state index in [1.165, 1.54) is 12.8 Å². The van der Waals surface area contributed by atoms with Crippen molar-refractivity contribution in [2.24, 2.45) is 5.92 Å². The Morgan fingerprint density at radius 3 is 2.30 bits per heavy atom. The molecule has 0 saturated carbocycles. The van der Waals surface area contributed by atoms with Crippen molar-refractivity contribution in [2.45, 2.75) is 39.5 Å². The zero-order valence-electron chi connectivity index (χ0n) is 6.74. The second kappa shape index (κ2) is 9.19. The number of unbranched alkanes of at least 4 members (excludes halogenated alkanes) is 1. The molecule has 0 spiro atoms. The predicted octanol–water partition coefficient (Wildman–Crippen LogP) is 2.40. The number of aldehydes is 1. The van der Waals surface area contributed by atoms with E-state index >= 15 is 0 Å². The first-order valence-corrected chi connectivity index (χ1v) is 3.80. The average molecular weight is 184 g/mol. The van der Waals surface area contributed by atoms with E-state index in [4.69, 9.17) is 0 Å². The van der Waals surface area contributed by atoms with Gasteiger partial charge in [-0.1, -0.05) is 26.7 Å². The van der Waals surface area contributed by atoms with Gasteiger partial charge in [0.1, 0.15) is 6.29 Å². The average Bonchev–Trinajstić information content (AvgIpc) is 1.91. The summed E-state index contributed by atoms with van der Waals surface area (Å²) in [7, 11) is 0. The smallest absolute Gasteiger partial charge is 0.123 e. The summed E-state index contributed by atoms with van der Waals surface area (Å²) >= 11 is 0. The molecule has 0 rings (SSSR count). The molecule has 0 aliphatic heterocycles. The van der Waals surface area contributed by atoms with Gasteiger partial charge in [-0.05, 0) is 12.8 Å². The number of rotatable bonds is 5. The van der Waals surface area contributed by atoms with Crippen LogP contribution < -0.4 is 0 Å². The molecular weight excluding hydrogens is 168 g/mol. The number of carbonyl (C=O) groups is 1. The van der Waals surface area contributed by atoms with Gasteiger partial charge >= 0.3 is 0 Å². The van der Waals surface area contributed by atoms with Crippen molar-refractivity contribution in [2.75, 3.05) is 0 Å². The van der Waals surface area contributed by atoms with Crippen molar-refractivity contribution in [1.82, 2.24) is 0 Å². The summed E-state index contributed by atoms with van der Waals surface area (Å²) in [6.45, 7) is 4.21. The second-order valence-corrected chi connectivity index (χ2v) is 2.45. The zero-order chi connectivity index (χ0) is 7.11. The summed E-state index contributed by atoms with van der Waals surface area (Å²) in [6, 6.07) is 0. The van der Waals surface area contributed by atoms with Crippen molar-refractivity contribution < 1.29 is 21.9 Å². The van der Waals surface area contributed by atoms with E-state index in [9.17, 15) is 4.79 Å². The van der Waals surface area contributed by atoms with Crippen molar-refractivity contribution in [3.05, 3.63) is 0 Å². The van der Waals surface area contributed by atoms with Crippen LogP contribution in [0.1, 0.15) is 39.5 Å². The largest absolute Gasteiger partial charge is 0.303 e. The van der Waals surface area contributed by atoms with Crippen LogP contribution in [0.5, 0.6) is 0 Å². The van der Waals surface area contributed by atoms with E-state index < -0.39 is 0 Å². The topological polar surface area (TPSA) is 17.1 Å². The van der Waals surface area contributed by atoms with Gasteiger partial charge in [-0.25, -0.2) is 0 Å². The molecule has 0 aromatic carbocycles. The molecule has 1 nitrogen and oxygen atoms in total. The Hall–Kier alpha value is 0.189. The zero-order valence-corrected chi connectivity index (χ0v) is 7.85. The van der Waals surface area contributed by atoms with Gasteiger partial charge < -0.3 is 4.79 Å². The Morgan fingerprint density at radius 1 is 1.40 bits per heavy atom. The van der Waals surface area contributed by atoms with Crippen molar-refractivity contribution in [3.63, 3.8) is 0 Å². The molecule has 62 valence electrons. The molecule has 1 atom stereocenters. The minimum absolute atomic E-state index is 0. The Balaban J connectivity index is 0. The fraction of sp³-hybridized carbons (Fsp3) is 0.875. The third kappa shape index (κ3) is 6.31. The first-order valence-electron chi connectivity index (χ1n) is 3.80. The molecular formula is C8H16FeO. The van der Waals surface area contributed by atoms with Crippen LogP contribution in [0.4, 0.5) is 0 Å². The summed E-state index contributed by atoms with van der Waals surface area (Å²) in [5, 5.41) is 0. The van der Waals surface area contributed by atoms with Crippen LogP contribution in [0.25, 0.3) is 0 Å². The Labute approximate surface area is 74.1 Å². The van der Waals surface area contributed by atoms with Gasteiger partial charge in [0, 0.05) is 23.0 Å². The van der Waals surface area contributed by atoms with Gasteiger partial charge in [0.05, 0.1) is 0 Å². The van der Waals surface area contributed by atoms with Crippen LogP contribution in [-0.2, 0) is 21.9 Å². The molecule has 2 heteroatoms. The molecule has 0 bridgehead atoms. The van der Waals surface area contributed by atoms with Crippen molar-refractivity contribution in [1.29, 1.82) is 0 Å². The molecule has 1 unspecified atom stereocenters. The Kier molecular flexibility index (Phi) is 11.8. The maximum Gasteiger partial charge on any atom is 0.123 e. The van der Waals surface area contributed by atoms with Crippen molar-refractivity contribution >= 4 is 6.29 Å². The molecule has 0 aromatic heterocycles. The van der Waals surface area contributed by atoms with E-state index in [0.717, 1.165) is 19.1 Å². The normalized spacial score (nSPS) is 11.8. The monoisotopic (exact) mass is 184 g/mol. The molecule has 0 aliphatic carbocycles. The van der Waals surface area contributed by atoms with Gasteiger partial charge in [0.15, 0.2) is 0 Å². The molecule has 0 fully saturated rings. The standard InChI is InChI=1S/C8H16O.Fe/c1-3-5-6-8(4-2)7-9;/h7-8H,3-6H2,1-2H3;. The SMILES string of the molecule is CCCCC(C=O)CC.[Fe]. The van der Waals surface area contributed by atoms with E-state index in [-0.39, 0.29) is 17.1 Å². The fourth-order valence-corrected chi connectivity index (χ4v) is 0.835. The predicted molar refractivity (Wildman–Crippen MR) is 39.4 cm³/mol. The first-order chi connectivity index (χ1) is 4.35. The summed E-state index contributed by atoms with van der Waals surface area (Å²) in [4.78, 5) is 10.2. The minimum Gasteiger partial charge on any atom is -0.303 e. The summed E-state index contributed by atoms with van der Waals surface area (Å²) in [6.07, 6.45) is 5.55. The molecule has 0 heterocycles. The summed E-state index contributed by atoms with van der Waals surface area (Å²) < 4.78 is 0. The van der Waals surface area contributed by atoms with Gasteiger partial charge in [-0.15, -0.1) is 0 Å². The van der Waals surface area contributed by atoms with E-state index in [1.807, 2.05) is 0 Å². The van der Waals surface area contributed by atoms with Crippen LogP contribution in [0.15, 0.2) is 0 Å². The molecule has 0 amide bonds. The third-order valence-corrected chi connectivity index (χ3v) is 1.65. The molecule has 10 heavy (non-hydrogen) atoms. The van der Waals surface area contributed by atoms with Crippen molar-refractivity contribution in [3.8, 4) is 0 Å². The molecule has 0 aliphatic rings. The van der Waals surface area contributed by atoms with E-state index in [2.05, 4.69) is 13.8 Å². The molecule has 0 radical (unpaired) electrons. The number of carbonyl (C=O) groups excluding carboxylic acids is 1. The molecule has 0 N–H and O–H groups in total. The quantitative estimate of drug-likeness (QED) is 0.473. The minimum atomic E-state index is 0. The third-order valence-electron chi connectivity index (χ3n) is 1.65.